The lowest BCUT2D eigenvalue weighted by molar-refractivity contribution is 0.111. The van der Waals surface area contributed by atoms with Gasteiger partial charge in [-0.2, -0.15) is 0 Å². The third-order valence-corrected chi connectivity index (χ3v) is 28.6. The first kappa shape index (κ1) is 90.6. The Kier molecular flexibility index (Phi) is 24.9. The number of fused-ring (bicyclic) bond motifs is 15. The highest BCUT2D eigenvalue weighted by molar-refractivity contribution is 6.13. The van der Waals surface area contributed by atoms with Gasteiger partial charge in [0.15, 0.2) is 0 Å². The van der Waals surface area contributed by atoms with E-state index in [0.717, 1.165) is 88.0 Å². The molecule has 21 rings (SSSR count). The summed E-state index contributed by atoms with van der Waals surface area (Å²) < 4.78 is 10.9. The van der Waals surface area contributed by atoms with Crippen molar-refractivity contribution in [1.82, 2.24) is 9.13 Å². The molecule has 2 aliphatic rings. The molecule has 662 valence electrons. The second-order valence-electron chi connectivity index (χ2n) is 37.8. The van der Waals surface area contributed by atoms with Gasteiger partial charge in [-0.15, -0.1) is 0 Å². The number of benzene rings is 17. The number of carbonyl (C=O) groups excluding carboxylic acids is 6. The van der Waals surface area contributed by atoms with E-state index >= 15 is 0 Å². The van der Waals surface area contributed by atoms with Crippen LogP contribution in [0.15, 0.2) is 328 Å². The third-order valence-electron chi connectivity index (χ3n) is 28.6. The summed E-state index contributed by atoms with van der Waals surface area (Å²) in [5.41, 5.74) is 38.5. The van der Waals surface area contributed by atoms with E-state index in [2.05, 4.69) is 338 Å². The fourth-order valence-corrected chi connectivity index (χ4v) is 20.7. The minimum Gasteiger partial charge on any atom is -0.488 e. The van der Waals surface area contributed by atoms with E-state index in [9.17, 15) is 28.8 Å². The third kappa shape index (κ3) is 16.5. The highest BCUT2D eigenvalue weighted by Gasteiger charge is 2.54. The Hall–Kier alpha value is -15.3. The van der Waals surface area contributed by atoms with Gasteiger partial charge in [0.25, 0.3) is 0 Å². The van der Waals surface area contributed by atoms with Gasteiger partial charge in [0.05, 0.1) is 22.1 Å². The molecule has 0 N–H and O–H groups in total. The van der Waals surface area contributed by atoms with Gasteiger partial charge in [-0.3, -0.25) is 28.8 Å². The van der Waals surface area contributed by atoms with Crippen LogP contribution < -0.4 is 4.74 Å². The Bertz CT molecular complexity index is 7610. The van der Waals surface area contributed by atoms with Crippen LogP contribution in [0, 0.1) is 76.2 Å². The Morgan fingerprint density at radius 1 is 0.231 bits per heavy atom. The molecular formula is C125H110N2O7. The van der Waals surface area contributed by atoms with Crippen molar-refractivity contribution in [2.45, 2.75) is 139 Å². The second-order valence-corrected chi connectivity index (χ2v) is 37.8. The molecule has 2 heterocycles. The molecule has 0 saturated heterocycles. The number of aromatic nitrogens is 2. The Morgan fingerprint density at radius 3 is 0.858 bits per heavy atom. The number of rotatable bonds is 14. The van der Waals surface area contributed by atoms with Crippen molar-refractivity contribution in [1.29, 1.82) is 0 Å². The molecule has 2 aliphatic carbocycles. The van der Waals surface area contributed by atoms with Crippen LogP contribution in [0.5, 0.6) is 5.75 Å². The van der Waals surface area contributed by atoms with Gasteiger partial charge in [0, 0.05) is 93.3 Å². The van der Waals surface area contributed by atoms with E-state index < -0.39 is 10.8 Å². The highest BCUT2D eigenvalue weighted by atomic mass is 16.5. The summed E-state index contributed by atoms with van der Waals surface area (Å²) in [6, 6.07) is 114. The molecule has 0 saturated carbocycles. The number of carbonyl (C=O) groups is 6. The molecular weight excluding hydrogens is 1640 g/mol. The van der Waals surface area contributed by atoms with Crippen LogP contribution in [0.25, 0.3) is 98.8 Å². The van der Waals surface area contributed by atoms with Crippen molar-refractivity contribution in [3.05, 3.63) is 467 Å². The fraction of sp³-hybridized carbons (Fsp3) is 0.168. The van der Waals surface area contributed by atoms with Gasteiger partial charge in [0.2, 0.25) is 0 Å². The lowest BCUT2D eigenvalue weighted by Crippen LogP contribution is -2.49. The predicted molar refractivity (Wildman–Crippen MR) is 554 cm³/mol. The number of ether oxygens (including phenoxy) is 1. The van der Waals surface area contributed by atoms with Crippen molar-refractivity contribution in [2.75, 3.05) is 0 Å². The predicted octanol–water partition coefficient (Wildman–Crippen LogP) is 30.3. The molecule has 0 aliphatic heterocycles. The van der Waals surface area contributed by atoms with Crippen LogP contribution >= 0.6 is 0 Å². The number of hydrogen-bond acceptors (Lipinski definition) is 7. The van der Waals surface area contributed by atoms with Gasteiger partial charge in [-0.05, 0) is 267 Å². The van der Waals surface area contributed by atoms with Crippen LogP contribution in [0.1, 0.15) is 202 Å². The van der Waals surface area contributed by atoms with Gasteiger partial charge >= 0.3 is 0 Å². The summed E-state index contributed by atoms with van der Waals surface area (Å²) in [6.07, 6.45) is 5.31. The fourth-order valence-electron chi connectivity index (χ4n) is 20.7. The molecule has 134 heavy (non-hydrogen) atoms. The van der Waals surface area contributed by atoms with Crippen molar-refractivity contribution in [2.24, 2.45) is 0 Å². The lowest BCUT2D eigenvalue weighted by atomic mass is 9.49. The summed E-state index contributed by atoms with van der Waals surface area (Å²) in [5.74, 6) is 0.936. The van der Waals surface area contributed by atoms with Crippen molar-refractivity contribution < 1.29 is 33.5 Å². The molecule has 9 heteroatoms. The first-order valence-electron chi connectivity index (χ1n) is 45.9. The van der Waals surface area contributed by atoms with E-state index in [1.54, 1.807) is 0 Å². The number of aryl methyl sites for hydroxylation is 11. The van der Waals surface area contributed by atoms with Crippen molar-refractivity contribution >= 4 is 103 Å². The molecule has 19 aromatic rings. The van der Waals surface area contributed by atoms with Gasteiger partial charge in [-0.1, -0.05) is 316 Å². The number of nitrogens with zero attached hydrogens (tertiary/aromatic N) is 2. The average molecular weight is 1750 g/mol. The normalized spacial score (nSPS) is 15.4. The minimum absolute atomic E-state index is 0.0994. The van der Waals surface area contributed by atoms with E-state index in [-0.39, 0.29) is 10.8 Å². The molecule has 3 atom stereocenters. The zero-order valence-corrected chi connectivity index (χ0v) is 79.1. The smallest absolute Gasteiger partial charge is 0.150 e. The van der Waals surface area contributed by atoms with Gasteiger partial charge in [-0.25, -0.2) is 0 Å². The topological polar surface area (TPSA) is 122 Å². The van der Waals surface area contributed by atoms with Crippen LogP contribution in [0.2, 0.25) is 0 Å². The standard InChI is InChI=1S/C32H28O2.C26H26O.C25H22O2.2C21H17NO/c1-21-5-15-27-28-16-6-22(2)18-30(28)32(4,26-13-9-24(20-34)10-14-26)31(3,29(27)17-21)25-11-7-23(19-33)8-12-25;1-17-6-12-21-22-13-7-18(2)15-24(22)26(5,25(3,4)23(21)14-17)20-10-8-19(16-27)9-11-20;1-16-4-10-21-22-11-5-17(2)13-24(22)25(18(3)23(21)12-16)27-15-20-8-6-19(14-26)7-9-20;1-14-3-9-20-18(11-14)19-12-15(2)4-10-21(19)22(20)17-7-5-16(13-23)6-8-17;1-14-3-9-18-19-10-4-15(2)12-21(19)22(20(18)11-14)17-7-5-16(13-23)6-8-17/h5-20H,1-4H3;6-16H,1-5H3;4-14H,15H2,1-3H3;2*3-13H,1-2H3. The van der Waals surface area contributed by atoms with E-state index in [1.165, 1.54) is 165 Å². The van der Waals surface area contributed by atoms with Gasteiger partial charge in [0.1, 0.15) is 50.1 Å². The van der Waals surface area contributed by atoms with Crippen molar-refractivity contribution in [3.63, 3.8) is 0 Å². The van der Waals surface area contributed by atoms with E-state index in [1.807, 2.05) is 109 Å². The minimum atomic E-state index is -0.431. The SMILES string of the molecule is Cc1ccc2c(c1)C(C)(C)C(C)(c1ccc(C=O)cc1)c1cc(C)ccc1-2.Cc1ccc2c(c1)C(C)(c1ccc(C=O)cc1)C(C)(c1ccc(C=O)cc1)c1cc(C)ccc1-2.Cc1ccc2c(c1)c(C)c(OCc1ccc(C=O)cc1)c1cc(C)ccc12.Cc1ccc2c(c1)c1cc(C)ccc1n2-c1ccc(C=O)cc1.Cc1ccc2c3ccc(C)cc3n(-c3ccc(C=O)cc3)c2c1. The molecule has 3 unspecified atom stereocenters. The highest BCUT2D eigenvalue weighted by Crippen LogP contribution is 2.61. The van der Waals surface area contributed by atoms with Crippen LogP contribution in [0.3, 0.4) is 0 Å². The molecule has 17 aromatic carbocycles. The molecule has 0 amide bonds. The molecule has 0 spiro atoms. The summed E-state index contributed by atoms with van der Waals surface area (Å²) in [4.78, 5) is 66.6. The number of hydrogen-bond donors (Lipinski definition) is 0. The molecule has 0 fully saturated rings. The summed E-state index contributed by atoms with van der Waals surface area (Å²) in [6.45, 7) is 35.6. The Morgan fingerprint density at radius 2 is 0.493 bits per heavy atom. The molecule has 9 nitrogen and oxygen atoms in total. The van der Waals surface area contributed by atoms with Crippen molar-refractivity contribution in [3.8, 4) is 39.4 Å². The largest absolute Gasteiger partial charge is 0.488 e. The summed E-state index contributed by atoms with van der Waals surface area (Å²) in [5, 5.41) is 9.90. The first-order chi connectivity index (χ1) is 64.5. The van der Waals surface area contributed by atoms with Gasteiger partial charge < -0.3 is 13.9 Å². The van der Waals surface area contributed by atoms with Crippen LogP contribution in [-0.4, -0.2) is 46.9 Å². The summed E-state index contributed by atoms with van der Waals surface area (Å²) >= 11 is 0. The molecule has 0 radical (unpaired) electrons. The second kappa shape index (κ2) is 36.8. The summed E-state index contributed by atoms with van der Waals surface area (Å²) in [7, 11) is 0. The van der Waals surface area contributed by atoms with Crippen LogP contribution in [-0.2, 0) is 28.3 Å². The maximum absolute atomic E-state index is 11.4. The Balaban J connectivity index is 0.000000117. The average Bonchev–Trinajstić information content (AvgIpc) is 0.845. The maximum atomic E-state index is 11.4. The van der Waals surface area contributed by atoms with E-state index in [0.29, 0.717) is 34.4 Å². The monoisotopic (exact) mass is 1750 g/mol. The van der Waals surface area contributed by atoms with Crippen LogP contribution in [0.4, 0.5) is 0 Å². The van der Waals surface area contributed by atoms with E-state index in [4.69, 9.17) is 4.74 Å². The zero-order valence-electron chi connectivity index (χ0n) is 79.1. The number of aldehydes is 6. The quantitative estimate of drug-likeness (QED) is 0.0785. The maximum Gasteiger partial charge on any atom is 0.150 e. The molecule has 0 bridgehead atoms. The lowest BCUT2D eigenvalue weighted by Gasteiger charge is -2.53. The Labute approximate surface area is 785 Å². The zero-order chi connectivity index (χ0) is 94.4. The first-order valence-corrected chi connectivity index (χ1v) is 45.9. The molecule has 2 aromatic heterocycles.